The molecule has 2 unspecified atom stereocenters. The fourth-order valence-corrected chi connectivity index (χ4v) is 6.37. The second kappa shape index (κ2) is 39.9. The van der Waals surface area contributed by atoms with Crippen molar-refractivity contribution in [3.63, 3.8) is 0 Å². The summed E-state index contributed by atoms with van der Waals surface area (Å²) in [5.41, 5.74) is 0. The lowest BCUT2D eigenvalue weighted by Crippen LogP contribution is -2.37. The monoisotopic (exact) mass is 835 g/mol. The van der Waals surface area contributed by atoms with E-state index in [4.69, 9.17) is 18.5 Å². The number of nitrogens with zero attached hydrogens (tertiary/aromatic N) is 1. The Hall–Kier alpha value is -2.52. The molecule has 0 aliphatic rings. The van der Waals surface area contributed by atoms with Gasteiger partial charge in [0.05, 0.1) is 40.1 Å². The fourth-order valence-electron chi connectivity index (χ4n) is 5.63. The predicted molar refractivity (Wildman–Crippen MR) is 243 cm³/mol. The van der Waals surface area contributed by atoms with Crippen molar-refractivity contribution in [2.24, 2.45) is 0 Å². The number of carbonyl (C=O) groups excluding carboxylic acids is 1. The minimum absolute atomic E-state index is 0.000143. The van der Waals surface area contributed by atoms with Gasteiger partial charge in [-0.2, -0.15) is 0 Å². The molecule has 0 rings (SSSR count). The Morgan fingerprint density at radius 3 is 1.84 bits per heavy atom. The average Bonchev–Trinajstić information content (AvgIpc) is 3.17. The standard InChI is InChI=1S/C48H84NO8P/c1-6-8-10-12-14-15-16-17-18-19-20-23-26-29-33-37-42-54-44-47(45-56-58(52,53)55-43-41-49(3,4)5)57-48(51)40-36-32-28-25-22-21-24-27-31-35-39-46(50)38-34-30-13-11-9-7-2/h9,11,21-22,27-28,30-32,34-35,37,39,42,46-47,50H,6-8,10,12-20,23-26,29,33,36,38,40-41,43-45H2,1-5H3/p+1/b11-9-,22-21-,31-27-,32-28-,34-30-,39-35+,42-37+/t46?,47-/m1/s1. The molecule has 0 bridgehead atoms. The summed E-state index contributed by atoms with van der Waals surface area (Å²) in [6, 6.07) is 0. The molecule has 0 aromatic rings. The molecule has 3 atom stereocenters. The first-order valence-corrected chi connectivity index (χ1v) is 24.0. The first kappa shape index (κ1) is 55.5. The van der Waals surface area contributed by atoms with Crippen molar-refractivity contribution in [3.05, 3.63) is 85.3 Å². The summed E-state index contributed by atoms with van der Waals surface area (Å²) < 4.78 is 34.6. The minimum Gasteiger partial charge on any atom is -0.498 e. The van der Waals surface area contributed by atoms with Gasteiger partial charge in [0.25, 0.3) is 0 Å². The van der Waals surface area contributed by atoms with Gasteiger partial charge < -0.3 is 24.0 Å². The summed E-state index contributed by atoms with van der Waals surface area (Å²) in [6.45, 7) is 4.63. The van der Waals surface area contributed by atoms with Crippen molar-refractivity contribution in [2.75, 3.05) is 47.5 Å². The lowest BCUT2D eigenvalue weighted by Gasteiger charge is -2.24. The first-order chi connectivity index (χ1) is 28.0. The van der Waals surface area contributed by atoms with E-state index in [0.29, 0.717) is 23.9 Å². The quantitative estimate of drug-likeness (QED) is 0.0119. The van der Waals surface area contributed by atoms with E-state index in [2.05, 4.69) is 44.2 Å². The lowest BCUT2D eigenvalue weighted by atomic mass is 10.0. The number of aliphatic hydroxyl groups is 1. The summed E-state index contributed by atoms with van der Waals surface area (Å²) in [5, 5.41) is 10.0. The van der Waals surface area contributed by atoms with Crippen LogP contribution in [0.4, 0.5) is 0 Å². The van der Waals surface area contributed by atoms with E-state index in [9.17, 15) is 19.4 Å². The molecule has 0 fully saturated rings. The van der Waals surface area contributed by atoms with Crippen molar-refractivity contribution in [1.29, 1.82) is 0 Å². The van der Waals surface area contributed by atoms with E-state index in [1.54, 1.807) is 12.3 Å². The highest BCUT2D eigenvalue weighted by Crippen LogP contribution is 2.43. The smallest absolute Gasteiger partial charge is 0.472 e. The number of allylic oxidation sites excluding steroid dienone is 11. The Labute approximate surface area is 355 Å². The van der Waals surface area contributed by atoms with Gasteiger partial charge in [-0.25, -0.2) is 4.57 Å². The van der Waals surface area contributed by atoms with Gasteiger partial charge in [0, 0.05) is 6.42 Å². The highest BCUT2D eigenvalue weighted by molar-refractivity contribution is 7.47. The number of hydrogen-bond acceptors (Lipinski definition) is 7. The minimum atomic E-state index is -4.33. The predicted octanol–water partition coefficient (Wildman–Crippen LogP) is 12.6. The van der Waals surface area contributed by atoms with Crippen LogP contribution in [0.15, 0.2) is 85.3 Å². The van der Waals surface area contributed by atoms with Gasteiger partial charge in [0.2, 0.25) is 0 Å². The Morgan fingerprint density at radius 1 is 0.655 bits per heavy atom. The third-order valence-corrected chi connectivity index (χ3v) is 10.1. The molecule has 0 saturated carbocycles. The average molecular weight is 835 g/mol. The number of likely N-dealkylation sites (N-methyl/N-ethyl adjacent to an activating group) is 1. The van der Waals surface area contributed by atoms with Crippen LogP contribution in [-0.4, -0.2) is 80.2 Å². The van der Waals surface area contributed by atoms with Crippen LogP contribution < -0.4 is 0 Å². The molecule has 0 aliphatic heterocycles. The second-order valence-corrected chi connectivity index (χ2v) is 17.4. The van der Waals surface area contributed by atoms with Crippen LogP contribution in [0.1, 0.15) is 155 Å². The highest BCUT2D eigenvalue weighted by atomic mass is 31.2. The van der Waals surface area contributed by atoms with Crippen LogP contribution in [0.3, 0.4) is 0 Å². The molecule has 58 heavy (non-hydrogen) atoms. The molecule has 334 valence electrons. The largest absolute Gasteiger partial charge is 0.498 e. The third-order valence-electron chi connectivity index (χ3n) is 9.13. The van der Waals surface area contributed by atoms with Gasteiger partial charge in [-0.3, -0.25) is 13.8 Å². The Bertz CT molecular complexity index is 1220. The second-order valence-electron chi connectivity index (χ2n) is 16.0. The van der Waals surface area contributed by atoms with E-state index in [-0.39, 0.29) is 26.2 Å². The maximum atomic E-state index is 12.7. The number of ether oxygens (including phenoxy) is 2. The molecule has 0 aromatic carbocycles. The maximum absolute atomic E-state index is 12.7. The molecule has 0 radical (unpaired) electrons. The van der Waals surface area contributed by atoms with Crippen LogP contribution in [0.5, 0.6) is 0 Å². The third kappa shape index (κ3) is 43.1. The van der Waals surface area contributed by atoms with Gasteiger partial charge in [-0.1, -0.05) is 170 Å². The molecule has 0 heterocycles. The maximum Gasteiger partial charge on any atom is 0.472 e. The van der Waals surface area contributed by atoms with Crippen LogP contribution in [0, 0.1) is 0 Å². The molecule has 2 N–H and O–H groups in total. The van der Waals surface area contributed by atoms with Crippen molar-refractivity contribution in [2.45, 2.75) is 167 Å². The number of phosphoric ester groups is 1. The number of phosphoric acid groups is 1. The summed E-state index contributed by atoms with van der Waals surface area (Å²) in [4.78, 5) is 22.8. The molecular formula is C48H85NO8P+. The van der Waals surface area contributed by atoms with Crippen LogP contribution in [0.25, 0.3) is 0 Å². The van der Waals surface area contributed by atoms with E-state index in [0.717, 1.165) is 38.5 Å². The molecule has 0 spiro atoms. The van der Waals surface area contributed by atoms with Crippen molar-refractivity contribution in [1.82, 2.24) is 0 Å². The van der Waals surface area contributed by atoms with Gasteiger partial charge >= 0.3 is 13.8 Å². The zero-order valence-electron chi connectivity index (χ0n) is 37.4. The van der Waals surface area contributed by atoms with E-state index >= 15 is 0 Å². The van der Waals surface area contributed by atoms with Gasteiger partial charge in [0.1, 0.15) is 19.8 Å². The summed E-state index contributed by atoms with van der Waals surface area (Å²) >= 11 is 0. The zero-order valence-corrected chi connectivity index (χ0v) is 38.3. The van der Waals surface area contributed by atoms with E-state index < -0.39 is 26.0 Å². The molecule has 0 saturated heterocycles. The van der Waals surface area contributed by atoms with Crippen molar-refractivity contribution in [3.8, 4) is 0 Å². The van der Waals surface area contributed by atoms with Gasteiger partial charge in [-0.15, -0.1) is 0 Å². The number of rotatable bonds is 40. The number of hydrogen-bond donors (Lipinski definition) is 2. The zero-order chi connectivity index (χ0) is 42.8. The number of aliphatic hydroxyl groups excluding tert-OH is 1. The fraction of sp³-hybridized carbons (Fsp3) is 0.688. The molecular weight excluding hydrogens is 750 g/mol. The molecule has 0 aromatic heterocycles. The number of carbonyl (C=O) groups is 1. The number of quaternary nitrogens is 1. The van der Waals surface area contributed by atoms with E-state index in [1.165, 1.54) is 83.5 Å². The summed E-state index contributed by atoms with van der Waals surface area (Å²) in [6.07, 6.45) is 50.4. The molecule has 10 heteroatoms. The highest BCUT2D eigenvalue weighted by Gasteiger charge is 2.26. The number of esters is 1. The van der Waals surface area contributed by atoms with Crippen molar-refractivity contribution < 1.29 is 42.4 Å². The lowest BCUT2D eigenvalue weighted by molar-refractivity contribution is -0.870. The topological polar surface area (TPSA) is 112 Å². The SMILES string of the molecule is CC/C=C\C/C=C\CC(O)/C=C/C=C\C/C=C\C/C=C\CCC(=O)O[C@H](CO/C=C/CCCCCCCCCCCCCCCC)COP(=O)(O)OCC[N+](C)(C)C. The van der Waals surface area contributed by atoms with Crippen LogP contribution in [-0.2, 0) is 27.9 Å². The van der Waals surface area contributed by atoms with Crippen molar-refractivity contribution >= 4 is 13.8 Å². The molecule has 0 aliphatic carbocycles. The Morgan fingerprint density at radius 2 is 1.22 bits per heavy atom. The summed E-state index contributed by atoms with van der Waals surface area (Å²) in [5.74, 6) is -0.439. The molecule has 0 amide bonds. The normalized spacial score (nSPS) is 15.0. The van der Waals surface area contributed by atoms with E-state index in [1.807, 2.05) is 63.7 Å². The van der Waals surface area contributed by atoms with Gasteiger partial charge in [-0.05, 0) is 57.4 Å². The Balaban J connectivity index is 4.48. The van der Waals surface area contributed by atoms with Crippen LogP contribution in [0.2, 0.25) is 0 Å². The Kier molecular flexibility index (Phi) is 38.2. The molecule has 9 nitrogen and oxygen atoms in total. The number of unbranched alkanes of at least 4 members (excludes halogenated alkanes) is 14. The summed E-state index contributed by atoms with van der Waals surface area (Å²) in [7, 11) is 1.55. The first-order valence-electron chi connectivity index (χ1n) is 22.5. The van der Waals surface area contributed by atoms with Gasteiger partial charge in [0.15, 0.2) is 6.10 Å². The van der Waals surface area contributed by atoms with Crippen LogP contribution >= 0.6 is 7.82 Å².